The molecule has 1 aromatic carbocycles. The van der Waals surface area contributed by atoms with Gasteiger partial charge in [0.2, 0.25) is 0 Å². The Morgan fingerprint density at radius 2 is 1.81 bits per heavy atom. The first-order valence-corrected chi connectivity index (χ1v) is 8.30. The number of benzene rings is 1. The number of carbonyl (C=O) groups excluding carboxylic acids is 1. The van der Waals surface area contributed by atoms with E-state index in [2.05, 4.69) is 53.1 Å². The van der Waals surface area contributed by atoms with Crippen molar-refractivity contribution in [3.8, 4) is 0 Å². The molecular weight excluding hydrogens is 476 g/mol. The summed E-state index contributed by atoms with van der Waals surface area (Å²) in [6.07, 6.45) is -0.792. The number of nitrogens with one attached hydrogen (secondary N) is 1. The Hall–Kier alpha value is -0.640. The van der Waals surface area contributed by atoms with Crippen molar-refractivity contribution in [2.24, 2.45) is 0 Å². The maximum absolute atomic E-state index is 12.3. The summed E-state index contributed by atoms with van der Waals surface area (Å²) in [5.74, 6) is -1.13. The van der Waals surface area contributed by atoms with Gasteiger partial charge in [0.1, 0.15) is 6.04 Å². The summed E-state index contributed by atoms with van der Waals surface area (Å²) in [6.45, 7) is -0.00539. The van der Waals surface area contributed by atoms with Crippen LogP contribution < -0.4 is 5.32 Å². The zero-order valence-corrected chi connectivity index (χ0v) is 15.3. The lowest BCUT2D eigenvalue weighted by molar-refractivity contribution is -0.141. The minimum atomic E-state index is -1.13. The Balaban J connectivity index is 2.20. The number of carboxylic acid groups (broad SMARTS) is 1. The molecule has 0 unspecified atom stereocenters. The van der Waals surface area contributed by atoms with Gasteiger partial charge < -0.3 is 20.4 Å². The van der Waals surface area contributed by atoms with E-state index in [1.54, 1.807) is 12.1 Å². The van der Waals surface area contributed by atoms with E-state index >= 15 is 0 Å². The molecule has 9 heteroatoms. The number of carboxylic acids is 1. The molecule has 1 saturated heterocycles. The van der Waals surface area contributed by atoms with Crippen LogP contribution in [0.25, 0.3) is 0 Å². The molecule has 0 aromatic heterocycles. The van der Waals surface area contributed by atoms with E-state index in [9.17, 15) is 14.7 Å². The molecule has 1 fully saturated rings. The Bertz CT molecular complexity index is 573. The highest BCUT2D eigenvalue weighted by Gasteiger charge is 2.39. The monoisotopic (exact) mass is 484 g/mol. The smallest absolute Gasteiger partial charge is 0.326 e. The molecule has 6 nitrogen and oxygen atoms in total. The Morgan fingerprint density at radius 3 is 2.33 bits per heavy atom. The third-order valence-corrected chi connectivity index (χ3v) is 4.77. The number of carbonyl (C=O) groups is 2. The van der Waals surface area contributed by atoms with Crippen LogP contribution in [0.3, 0.4) is 0 Å². The van der Waals surface area contributed by atoms with Crippen LogP contribution >= 0.6 is 47.8 Å². The lowest BCUT2D eigenvalue weighted by atomic mass is 10.2. The molecule has 1 heterocycles. The molecule has 0 spiro atoms. The molecule has 1 aromatic rings. The molecule has 2 atom stereocenters. The zero-order valence-electron chi connectivity index (χ0n) is 10.5. The number of rotatable bonds is 2. The van der Waals surface area contributed by atoms with Gasteiger partial charge in [-0.3, -0.25) is 0 Å². The van der Waals surface area contributed by atoms with Crippen LogP contribution in [0.4, 0.5) is 10.5 Å². The summed E-state index contributed by atoms with van der Waals surface area (Å²) in [7, 11) is 0. The summed E-state index contributed by atoms with van der Waals surface area (Å²) < 4.78 is 2.10. The highest BCUT2D eigenvalue weighted by Crippen LogP contribution is 2.35. The minimum Gasteiger partial charge on any atom is -0.480 e. The fraction of sp³-hybridized carbons (Fsp3) is 0.333. The number of urea groups is 1. The van der Waals surface area contributed by atoms with Gasteiger partial charge in [-0.2, -0.15) is 0 Å². The molecule has 0 radical (unpaired) electrons. The van der Waals surface area contributed by atoms with Gasteiger partial charge in [-0.15, -0.1) is 0 Å². The number of halogens is 3. The number of aliphatic carboxylic acids is 1. The zero-order chi connectivity index (χ0) is 15.7. The molecule has 21 heavy (non-hydrogen) atoms. The fourth-order valence-electron chi connectivity index (χ4n) is 2.11. The average Bonchev–Trinajstić information content (AvgIpc) is 2.76. The van der Waals surface area contributed by atoms with Gasteiger partial charge >= 0.3 is 12.0 Å². The largest absolute Gasteiger partial charge is 0.480 e. The molecule has 114 valence electrons. The molecule has 2 amide bonds. The maximum atomic E-state index is 12.3. The third-order valence-electron chi connectivity index (χ3n) is 3.06. The van der Waals surface area contributed by atoms with Crippen molar-refractivity contribution in [3.63, 3.8) is 0 Å². The van der Waals surface area contributed by atoms with Gasteiger partial charge in [-0.25, -0.2) is 9.59 Å². The van der Waals surface area contributed by atoms with Crippen LogP contribution in [-0.4, -0.2) is 45.8 Å². The second-order valence-corrected chi connectivity index (χ2v) is 7.19. The number of aliphatic hydroxyl groups is 1. The first-order valence-electron chi connectivity index (χ1n) is 5.92. The highest BCUT2D eigenvalue weighted by molar-refractivity contribution is 9.11. The number of likely N-dealkylation sites (tertiary alicyclic amines) is 1. The Labute approximate surface area is 145 Å². The molecule has 3 N–H and O–H groups in total. The molecule has 1 aliphatic heterocycles. The SMILES string of the molecule is O=C(O)[C@@H]1C[C@H](O)CN1C(=O)Nc1c(Br)cc(Br)cc1Br. The van der Waals surface area contributed by atoms with E-state index in [-0.39, 0.29) is 13.0 Å². The van der Waals surface area contributed by atoms with E-state index in [1.165, 1.54) is 0 Å². The second kappa shape index (κ2) is 6.64. The van der Waals surface area contributed by atoms with E-state index in [0.717, 1.165) is 9.37 Å². The summed E-state index contributed by atoms with van der Waals surface area (Å²) in [5, 5.41) is 21.3. The third kappa shape index (κ3) is 3.77. The molecule has 0 saturated carbocycles. The van der Waals surface area contributed by atoms with Gasteiger partial charge in [0, 0.05) is 26.4 Å². The number of hydrogen-bond donors (Lipinski definition) is 3. The van der Waals surface area contributed by atoms with Gasteiger partial charge in [0.25, 0.3) is 0 Å². The van der Waals surface area contributed by atoms with Crippen molar-refractivity contribution in [1.82, 2.24) is 4.90 Å². The number of nitrogens with zero attached hydrogens (tertiary/aromatic N) is 1. The second-order valence-electron chi connectivity index (χ2n) is 4.57. The van der Waals surface area contributed by atoms with Crippen LogP contribution in [-0.2, 0) is 4.79 Å². The van der Waals surface area contributed by atoms with E-state index < -0.39 is 24.1 Å². The summed E-state index contributed by atoms with van der Waals surface area (Å²) in [5.41, 5.74) is 0.494. The predicted octanol–water partition coefficient (Wildman–Crippen LogP) is 3.03. The Kier molecular flexibility index (Phi) is 5.29. The lowest BCUT2D eigenvalue weighted by Gasteiger charge is -2.22. The quantitative estimate of drug-likeness (QED) is 0.599. The number of hydrogen-bond acceptors (Lipinski definition) is 3. The summed E-state index contributed by atoms with van der Waals surface area (Å²) in [6, 6.07) is 1.93. The summed E-state index contributed by atoms with van der Waals surface area (Å²) in [4.78, 5) is 24.5. The van der Waals surface area contributed by atoms with Crippen molar-refractivity contribution in [1.29, 1.82) is 0 Å². The van der Waals surface area contributed by atoms with Gasteiger partial charge in [0.15, 0.2) is 0 Å². The van der Waals surface area contributed by atoms with Crippen LogP contribution in [0.15, 0.2) is 25.6 Å². The van der Waals surface area contributed by atoms with Gasteiger partial charge in [-0.1, -0.05) is 15.9 Å². The van der Waals surface area contributed by atoms with Crippen LogP contribution in [0.1, 0.15) is 6.42 Å². The minimum absolute atomic E-state index is 0.00539. The van der Waals surface area contributed by atoms with Crippen LogP contribution in [0.5, 0.6) is 0 Å². The van der Waals surface area contributed by atoms with E-state index in [4.69, 9.17) is 5.11 Å². The molecular formula is C12H11Br3N2O4. The number of β-amino-alcohol motifs (C(OH)–C–C–N with tert-alkyl or cyclic N) is 1. The maximum Gasteiger partial charge on any atom is 0.326 e. The van der Waals surface area contributed by atoms with Gasteiger partial charge in [0.05, 0.1) is 11.8 Å². The predicted molar refractivity (Wildman–Crippen MR) is 87.3 cm³/mol. The van der Waals surface area contributed by atoms with Crippen molar-refractivity contribution < 1.29 is 19.8 Å². The first kappa shape index (κ1) is 16.7. The average molecular weight is 487 g/mol. The van der Waals surface area contributed by atoms with Crippen LogP contribution in [0.2, 0.25) is 0 Å². The number of anilines is 1. The molecule has 0 aliphatic carbocycles. The molecule has 1 aliphatic rings. The number of amides is 2. The van der Waals surface area contributed by atoms with E-state index in [1.807, 2.05) is 0 Å². The normalized spacial score (nSPS) is 21.4. The van der Waals surface area contributed by atoms with E-state index in [0.29, 0.717) is 14.6 Å². The number of aliphatic hydroxyl groups excluding tert-OH is 1. The van der Waals surface area contributed by atoms with Crippen molar-refractivity contribution >= 4 is 65.5 Å². The topological polar surface area (TPSA) is 89.9 Å². The first-order chi connectivity index (χ1) is 9.79. The van der Waals surface area contributed by atoms with Crippen molar-refractivity contribution in [2.75, 3.05) is 11.9 Å². The standard InChI is InChI=1S/C12H11Br3N2O4/c13-5-1-7(14)10(8(15)2-5)16-12(21)17-4-6(18)3-9(17)11(19)20/h1-2,6,9,18H,3-4H2,(H,16,21)(H,19,20)/t6-,9-/m0/s1. The molecule has 0 bridgehead atoms. The molecule has 2 rings (SSSR count). The van der Waals surface area contributed by atoms with Gasteiger partial charge in [-0.05, 0) is 44.0 Å². The fourth-order valence-corrected chi connectivity index (χ4v) is 4.57. The highest BCUT2D eigenvalue weighted by atomic mass is 79.9. The van der Waals surface area contributed by atoms with Crippen molar-refractivity contribution in [3.05, 3.63) is 25.6 Å². The summed E-state index contributed by atoms with van der Waals surface area (Å²) >= 11 is 9.99. The van der Waals surface area contributed by atoms with Crippen molar-refractivity contribution in [2.45, 2.75) is 18.6 Å². The Morgan fingerprint density at radius 1 is 1.24 bits per heavy atom. The van der Waals surface area contributed by atoms with Crippen LogP contribution in [0, 0.1) is 0 Å². The lowest BCUT2D eigenvalue weighted by Crippen LogP contribution is -2.43.